The molecule has 68 valence electrons. The number of rotatable bonds is 0. The van der Waals surface area contributed by atoms with Gasteiger partial charge in [-0.15, -0.1) is 11.3 Å². The zero-order valence-corrected chi connectivity index (χ0v) is 8.64. The second-order valence-corrected chi connectivity index (χ2v) is 4.49. The van der Waals surface area contributed by atoms with Crippen LogP contribution >= 0.6 is 11.3 Å². The molecule has 3 aromatic rings. The van der Waals surface area contributed by atoms with Crippen LogP contribution in [0.4, 0.5) is 0 Å². The van der Waals surface area contributed by atoms with Crippen molar-refractivity contribution in [2.75, 3.05) is 0 Å². The summed E-state index contributed by atoms with van der Waals surface area (Å²) in [6.07, 6.45) is 1.93. The second kappa shape index (κ2) is 2.79. The van der Waals surface area contributed by atoms with Gasteiger partial charge in [-0.05, 0) is 24.6 Å². The monoisotopic (exact) mass is 199 g/mol. The summed E-state index contributed by atoms with van der Waals surface area (Å²) in [6.45, 7) is 2.08. The first-order valence-electron chi connectivity index (χ1n) is 4.58. The average molecular weight is 199 g/mol. The standard InChI is InChI=1S/C12H9NS/c1-8-6-10-9-4-2-3-5-11(9)14-12(10)13-7-8/h2-7H,1H3. The fraction of sp³-hybridized carbons (Fsp3) is 0.0833. The predicted octanol–water partition coefficient (Wildman–Crippen LogP) is 3.76. The number of nitrogens with zero attached hydrogens (tertiary/aromatic N) is 1. The number of fused-ring (bicyclic) bond motifs is 3. The van der Waals surface area contributed by atoms with Crippen LogP contribution < -0.4 is 0 Å². The molecule has 0 saturated carbocycles. The van der Waals surface area contributed by atoms with Gasteiger partial charge in [-0.25, -0.2) is 4.98 Å². The maximum Gasteiger partial charge on any atom is 0.124 e. The van der Waals surface area contributed by atoms with Crippen molar-refractivity contribution in [1.29, 1.82) is 0 Å². The lowest BCUT2D eigenvalue weighted by atomic mass is 10.2. The van der Waals surface area contributed by atoms with Crippen LogP contribution in [0.3, 0.4) is 0 Å². The molecule has 0 spiro atoms. The van der Waals surface area contributed by atoms with Crippen molar-refractivity contribution in [3.8, 4) is 0 Å². The van der Waals surface area contributed by atoms with E-state index in [4.69, 9.17) is 0 Å². The molecule has 1 aromatic carbocycles. The van der Waals surface area contributed by atoms with Crippen LogP contribution in [-0.2, 0) is 0 Å². The SMILES string of the molecule is Cc1cnc2sc3ccccc3c2c1. The average Bonchev–Trinajstić information content (AvgIpc) is 2.56. The maximum absolute atomic E-state index is 4.44. The summed E-state index contributed by atoms with van der Waals surface area (Å²) in [5.41, 5.74) is 1.22. The fourth-order valence-electron chi connectivity index (χ4n) is 1.71. The first kappa shape index (κ1) is 7.94. The van der Waals surface area contributed by atoms with E-state index in [9.17, 15) is 0 Å². The highest BCUT2D eigenvalue weighted by Crippen LogP contribution is 2.32. The van der Waals surface area contributed by atoms with Crippen molar-refractivity contribution < 1.29 is 0 Å². The Hall–Kier alpha value is -1.41. The van der Waals surface area contributed by atoms with Crippen molar-refractivity contribution >= 4 is 31.6 Å². The molecule has 2 heteroatoms. The lowest BCUT2D eigenvalue weighted by molar-refractivity contribution is 1.36. The summed E-state index contributed by atoms with van der Waals surface area (Å²) in [4.78, 5) is 5.57. The Morgan fingerprint density at radius 3 is 2.93 bits per heavy atom. The number of aromatic nitrogens is 1. The zero-order chi connectivity index (χ0) is 9.54. The van der Waals surface area contributed by atoms with E-state index in [1.165, 1.54) is 21.0 Å². The third-order valence-electron chi connectivity index (χ3n) is 2.37. The van der Waals surface area contributed by atoms with E-state index in [1.807, 2.05) is 6.20 Å². The third kappa shape index (κ3) is 1.04. The van der Waals surface area contributed by atoms with E-state index < -0.39 is 0 Å². The van der Waals surface area contributed by atoms with Crippen LogP contribution in [-0.4, -0.2) is 4.98 Å². The molecule has 0 aliphatic rings. The largest absolute Gasteiger partial charge is 0.245 e. The van der Waals surface area contributed by atoms with Gasteiger partial charge in [-0.1, -0.05) is 18.2 Å². The molecule has 0 aliphatic carbocycles. The number of benzene rings is 1. The summed E-state index contributed by atoms with van der Waals surface area (Å²) in [6, 6.07) is 10.7. The molecule has 0 radical (unpaired) electrons. The van der Waals surface area contributed by atoms with E-state index in [1.54, 1.807) is 11.3 Å². The highest BCUT2D eigenvalue weighted by atomic mass is 32.1. The minimum absolute atomic E-state index is 1.14. The van der Waals surface area contributed by atoms with E-state index in [-0.39, 0.29) is 0 Å². The molecule has 0 unspecified atom stereocenters. The Balaban J connectivity index is 2.58. The Kier molecular flexibility index (Phi) is 1.58. The van der Waals surface area contributed by atoms with Crippen LogP contribution in [0.1, 0.15) is 5.56 Å². The van der Waals surface area contributed by atoms with Crippen LogP contribution in [0.5, 0.6) is 0 Å². The van der Waals surface area contributed by atoms with Crippen molar-refractivity contribution in [3.05, 3.63) is 42.1 Å². The number of pyridine rings is 1. The van der Waals surface area contributed by atoms with E-state index >= 15 is 0 Å². The van der Waals surface area contributed by atoms with Gasteiger partial charge in [-0.2, -0.15) is 0 Å². The molecular weight excluding hydrogens is 190 g/mol. The van der Waals surface area contributed by atoms with Crippen LogP contribution in [0, 0.1) is 6.92 Å². The van der Waals surface area contributed by atoms with Crippen molar-refractivity contribution in [1.82, 2.24) is 4.98 Å². The summed E-state index contributed by atoms with van der Waals surface area (Å²) >= 11 is 1.76. The second-order valence-electron chi connectivity index (χ2n) is 3.46. The van der Waals surface area contributed by atoms with Gasteiger partial charge in [0.1, 0.15) is 4.83 Å². The minimum Gasteiger partial charge on any atom is -0.245 e. The number of aryl methyl sites for hydroxylation is 1. The molecule has 0 amide bonds. The van der Waals surface area contributed by atoms with Gasteiger partial charge in [0.2, 0.25) is 0 Å². The highest BCUT2D eigenvalue weighted by molar-refractivity contribution is 7.25. The zero-order valence-electron chi connectivity index (χ0n) is 7.82. The van der Waals surface area contributed by atoms with Crippen molar-refractivity contribution in [3.63, 3.8) is 0 Å². The van der Waals surface area contributed by atoms with Crippen molar-refractivity contribution in [2.45, 2.75) is 6.92 Å². The van der Waals surface area contributed by atoms with Gasteiger partial charge in [-0.3, -0.25) is 0 Å². The van der Waals surface area contributed by atoms with Crippen LogP contribution in [0.2, 0.25) is 0 Å². The van der Waals surface area contributed by atoms with Gasteiger partial charge >= 0.3 is 0 Å². The Morgan fingerprint density at radius 1 is 1.14 bits per heavy atom. The molecule has 3 rings (SSSR count). The number of thiophene rings is 1. The number of hydrogen-bond donors (Lipinski definition) is 0. The quantitative estimate of drug-likeness (QED) is 0.537. The van der Waals surface area contributed by atoms with Crippen LogP contribution in [0.25, 0.3) is 20.3 Å². The minimum atomic E-state index is 1.14. The molecule has 0 atom stereocenters. The molecular formula is C12H9NS. The normalized spacial score (nSPS) is 11.2. The van der Waals surface area contributed by atoms with E-state index in [0.29, 0.717) is 0 Å². The van der Waals surface area contributed by atoms with Gasteiger partial charge < -0.3 is 0 Å². The topological polar surface area (TPSA) is 12.9 Å². The molecule has 0 fully saturated rings. The van der Waals surface area contributed by atoms with Gasteiger partial charge in [0, 0.05) is 21.7 Å². The Labute approximate surface area is 86.0 Å². The lowest BCUT2D eigenvalue weighted by Crippen LogP contribution is -1.74. The van der Waals surface area contributed by atoms with E-state index in [2.05, 4.69) is 42.2 Å². The summed E-state index contributed by atoms with van der Waals surface area (Å²) in [7, 11) is 0. The molecule has 14 heavy (non-hydrogen) atoms. The Morgan fingerprint density at radius 2 is 2.00 bits per heavy atom. The Bertz CT molecular complexity index is 610. The summed E-state index contributed by atoms with van der Waals surface area (Å²) in [5.74, 6) is 0. The van der Waals surface area contributed by atoms with Gasteiger partial charge in [0.25, 0.3) is 0 Å². The predicted molar refractivity (Wildman–Crippen MR) is 61.9 cm³/mol. The third-order valence-corrected chi connectivity index (χ3v) is 3.47. The lowest BCUT2D eigenvalue weighted by Gasteiger charge is -1.92. The summed E-state index contributed by atoms with van der Waals surface area (Å²) in [5, 5.41) is 2.61. The maximum atomic E-state index is 4.44. The number of hydrogen-bond acceptors (Lipinski definition) is 2. The molecule has 1 nitrogen and oxygen atoms in total. The van der Waals surface area contributed by atoms with Gasteiger partial charge in [0.15, 0.2) is 0 Å². The first-order valence-corrected chi connectivity index (χ1v) is 5.40. The van der Waals surface area contributed by atoms with Crippen molar-refractivity contribution in [2.24, 2.45) is 0 Å². The molecule has 2 aromatic heterocycles. The molecule has 0 aliphatic heterocycles. The van der Waals surface area contributed by atoms with Gasteiger partial charge in [0.05, 0.1) is 0 Å². The molecule has 0 bridgehead atoms. The molecule has 0 N–H and O–H groups in total. The molecule has 2 heterocycles. The van der Waals surface area contributed by atoms with Crippen LogP contribution in [0.15, 0.2) is 36.5 Å². The molecule has 0 saturated heterocycles. The first-order chi connectivity index (χ1) is 6.84. The smallest absolute Gasteiger partial charge is 0.124 e. The van der Waals surface area contributed by atoms with E-state index in [0.717, 1.165) is 4.83 Å². The fourth-order valence-corrected chi connectivity index (χ4v) is 2.74. The highest BCUT2D eigenvalue weighted by Gasteiger charge is 2.04. The summed E-state index contributed by atoms with van der Waals surface area (Å²) < 4.78 is 1.32.